The molecule has 2 rings (SSSR count). The third kappa shape index (κ3) is 7.48. The van der Waals surface area contributed by atoms with Crippen LogP contribution in [0.3, 0.4) is 0 Å². The number of aryl methyl sites for hydroxylation is 1. The topological polar surface area (TPSA) is 58.2 Å². The Labute approximate surface area is 165 Å². The van der Waals surface area contributed by atoms with Gasteiger partial charge in [0.2, 0.25) is 0 Å². The first-order valence-corrected chi connectivity index (χ1v) is 10.7. The van der Waals surface area contributed by atoms with Crippen molar-refractivity contribution in [3.63, 3.8) is 0 Å². The molecule has 0 aromatic heterocycles. The number of carbonyl (C=O) groups excluding carboxylic acids is 2. The van der Waals surface area contributed by atoms with Crippen molar-refractivity contribution in [1.82, 2.24) is 5.32 Å². The van der Waals surface area contributed by atoms with Crippen LogP contribution in [0, 0.1) is 6.92 Å². The van der Waals surface area contributed by atoms with E-state index in [1.54, 1.807) is 6.07 Å². The van der Waals surface area contributed by atoms with Crippen LogP contribution in [0.1, 0.15) is 76.2 Å². The van der Waals surface area contributed by atoms with Crippen molar-refractivity contribution in [2.24, 2.45) is 0 Å². The fraction of sp³-hybridized carbons (Fsp3) is 0.619. The van der Waals surface area contributed by atoms with Crippen LogP contribution in [0.25, 0.3) is 0 Å². The molecule has 1 aliphatic rings. The summed E-state index contributed by atoms with van der Waals surface area (Å²) in [6.45, 7) is 1.91. The first-order chi connectivity index (χ1) is 12.6. The number of anilines is 1. The van der Waals surface area contributed by atoms with E-state index >= 15 is 0 Å². The molecule has 1 aromatic rings. The fourth-order valence-corrected chi connectivity index (χ4v) is 3.98. The van der Waals surface area contributed by atoms with E-state index in [-0.39, 0.29) is 6.04 Å². The molecule has 0 saturated heterocycles. The summed E-state index contributed by atoms with van der Waals surface area (Å²) in [5, 5.41) is 5.69. The average Bonchev–Trinajstić information content (AvgIpc) is 2.59. The molecule has 2 amide bonds. The third-order valence-electron chi connectivity index (χ3n) is 5.08. The summed E-state index contributed by atoms with van der Waals surface area (Å²) in [5.41, 5.74) is 1.60. The van der Waals surface area contributed by atoms with Gasteiger partial charge in [-0.05, 0) is 43.5 Å². The molecule has 2 N–H and O–H groups in total. The second kappa shape index (κ2) is 11.4. The van der Waals surface area contributed by atoms with Gasteiger partial charge in [-0.2, -0.15) is 0 Å². The second-order valence-electron chi connectivity index (χ2n) is 7.34. The fourth-order valence-electron chi connectivity index (χ4n) is 3.50. The maximum atomic E-state index is 12.3. The van der Waals surface area contributed by atoms with Crippen LogP contribution < -0.4 is 10.6 Å². The van der Waals surface area contributed by atoms with E-state index in [0.29, 0.717) is 5.69 Å². The Kier molecular flexibility index (Phi) is 9.16. The lowest BCUT2D eigenvalue weighted by Crippen LogP contribution is -2.42. The van der Waals surface area contributed by atoms with Gasteiger partial charge in [0.25, 0.3) is 0 Å². The minimum Gasteiger partial charge on any atom is -0.345 e. The predicted molar refractivity (Wildman–Crippen MR) is 110 cm³/mol. The van der Waals surface area contributed by atoms with Crippen LogP contribution in [-0.2, 0) is 9.59 Å². The van der Waals surface area contributed by atoms with Gasteiger partial charge in [-0.25, -0.2) is 0 Å². The lowest BCUT2D eigenvalue weighted by Gasteiger charge is -2.19. The number of benzene rings is 1. The van der Waals surface area contributed by atoms with Crippen LogP contribution in [0.15, 0.2) is 22.7 Å². The summed E-state index contributed by atoms with van der Waals surface area (Å²) >= 11 is 3.40. The Morgan fingerprint density at radius 3 is 1.96 bits per heavy atom. The first kappa shape index (κ1) is 20.9. The van der Waals surface area contributed by atoms with Gasteiger partial charge in [0.05, 0.1) is 0 Å². The van der Waals surface area contributed by atoms with Gasteiger partial charge < -0.3 is 10.6 Å². The normalized spacial score (nSPS) is 17.6. The number of hydrogen-bond donors (Lipinski definition) is 2. The smallest absolute Gasteiger partial charge is 0.313 e. The van der Waals surface area contributed by atoms with Crippen molar-refractivity contribution >= 4 is 33.4 Å². The van der Waals surface area contributed by atoms with E-state index in [1.165, 1.54) is 44.9 Å². The molecule has 0 heterocycles. The molecule has 0 aliphatic heterocycles. The highest BCUT2D eigenvalue weighted by Gasteiger charge is 2.19. The van der Waals surface area contributed by atoms with Gasteiger partial charge >= 0.3 is 11.8 Å². The molecular weight excluding hydrogens is 392 g/mol. The van der Waals surface area contributed by atoms with E-state index in [9.17, 15) is 9.59 Å². The van der Waals surface area contributed by atoms with Gasteiger partial charge in [0, 0.05) is 16.2 Å². The molecule has 4 nitrogen and oxygen atoms in total. The van der Waals surface area contributed by atoms with Crippen LogP contribution in [0.5, 0.6) is 0 Å². The second-order valence-corrected chi connectivity index (χ2v) is 8.26. The highest BCUT2D eigenvalue weighted by Crippen LogP contribution is 2.20. The van der Waals surface area contributed by atoms with Crippen molar-refractivity contribution < 1.29 is 9.59 Å². The van der Waals surface area contributed by atoms with Gasteiger partial charge in [0.15, 0.2) is 0 Å². The van der Waals surface area contributed by atoms with Crippen molar-refractivity contribution in [3.05, 3.63) is 28.2 Å². The zero-order chi connectivity index (χ0) is 18.8. The number of halogens is 1. The zero-order valence-corrected chi connectivity index (χ0v) is 17.4. The minimum atomic E-state index is -0.582. The molecule has 26 heavy (non-hydrogen) atoms. The van der Waals surface area contributed by atoms with Crippen molar-refractivity contribution in [1.29, 1.82) is 0 Å². The largest absolute Gasteiger partial charge is 0.345 e. The molecule has 1 fully saturated rings. The molecule has 0 bridgehead atoms. The Balaban J connectivity index is 1.86. The Morgan fingerprint density at radius 1 is 0.885 bits per heavy atom. The number of rotatable bonds is 2. The zero-order valence-electron chi connectivity index (χ0n) is 15.8. The quantitative estimate of drug-likeness (QED) is 0.619. The number of carbonyl (C=O) groups is 2. The van der Waals surface area contributed by atoms with Crippen molar-refractivity contribution in [3.8, 4) is 0 Å². The SMILES string of the molecule is Cc1cc(Br)ccc1NC(=O)C(=O)NC1CCCCCCCCCCC1. The van der Waals surface area contributed by atoms with E-state index in [4.69, 9.17) is 0 Å². The molecule has 1 aromatic carbocycles. The number of amides is 2. The molecule has 0 spiro atoms. The van der Waals surface area contributed by atoms with Crippen LogP contribution in [0.4, 0.5) is 5.69 Å². The maximum Gasteiger partial charge on any atom is 0.313 e. The van der Waals surface area contributed by atoms with E-state index in [1.807, 2.05) is 19.1 Å². The number of hydrogen-bond acceptors (Lipinski definition) is 2. The summed E-state index contributed by atoms with van der Waals surface area (Å²) in [6, 6.07) is 5.69. The monoisotopic (exact) mass is 422 g/mol. The Bertz CT molecular complexity index is 592. The molecule has 144 valence electrons. The van der Waals surface area contributed by atoms with Crippen LogP contribution in [0.2, 0.25) is 0 Å². The summed E-state index contributed by atoms with van der Waals surface area (Å²) in [7, 11) is 0. The predicted octanol–water partition coefficient (Wildman–Crippen LogP) is 5.49. The van der Waals surface area contributed by atoms with E-state index in [0.717, 1.165) is 35.7 Å². The van der Waals surface area contributed by atoms with E-state index in [2.05, 4.69) is 26.6 Å². The van der Waals surface area contributed by atoms with Crippen molar-refractivity contribution in [2.45, 2.75) is 83.6 Å². The minimum absolute atomic E-state index is 0.110. The van der Waals surface area contributed by atoms with Crippen LogP contribution >= 0.6 is 15.9 Å². The van der Waals surface area contributed by atoms with Gasteiger partial charge in [0.1, 0.15) is 0 Å². The standard InChI is InChI=1S/C21H31BrN2O2/c1-16-15-17(22)13-14-19(16)24-21(26)20(25)23-18-11-9-7-5-3-2-4-6-8-10-12-18/h13-15,18H,2-12H2,1H3,(H,23,25)(H,24,26). The molecule has 0 unspecified atom stereocenters. The number of nitrogens with one attached hydrogen (secondary N) is 2. The van der Waals surface area contributed by atoms with Gasteiger partial charge in [-0.1, -0.05) is 73.7 Å². The first-order valence-electron chi connectivity index (χ1n) is 9.94. The van der Waals surface area contributed by atoms with Gasteiger partial charge in [-0.3, -0.25) is 9.59 Å². The maximum absolute atomic E-state index is 12.3. The highest BCUT2D eigenvalue weighted by atomic mass is 79.9. The molecule has 1 aliphatic carbocycles. The summed E-state index contributed by atoms with van der Waals surface area (Å²) in [6.07, 6.45) is 13.2. The van der Waals surface area contributed by atoms with Crippen molar-refractivity contribution in [2.75, 3.05) is 5.32 Å². The lowest BCUT2D eigenvalue weighted by molar-refractivity contribution is -0.136. The highest BCUT2D eigenvalue weighted by molar-refractivity contribution is 9.10. The molecule has 1 saturated carbocycles. The summed E-state index contributed by atoms with van der Waals surface area (Å²) in [5.74, 6) is -1.11. The molecule has 0 atom stereocenters. The molecule has 5 heteroatoms. The lowest BCUT2D eigenvalue weighted by atomic mass is 9.98. The summed E-state index contributed by atoms with van der Waals surface area (Å²) in [4.78, 5) is 24.6. The summed E-state index contributed by atoms with van der Waals surface area (Å²) < 4.78 is 0.950. The van der Waals surface area contributed by atoms with Crippen LogP contribution in [-0.4, -0.2) is 17.9 Å². The third-order valence-corrected chi connectivity index (χ3v) is 5.58. The molecular formula is C21H31BrN2O2. The average molecular weight is 423 g/mol. The molecule has 0 radical (unpaired) electrons. The van der Waals surface area contributed by atoms with E-state index < -0.39 is 11.8 Å². The Morgan fingerprint density at radius 2 is 1.42 bits per heavy atom. The Hall–Kier alpha value is -1.36. The van der Waals surface area contributed by atoms with Gasteiger partial charge in [-0.15, -0.1) is 0 Å².